The number of thiazole rings is 1. The molecule has 1 amide bonds. The van der Waals surface area contributed by atoms with Gasteiger partial charge in [-0.2, -0.15) is 4.98 Å². The second-order valence-electron chi connectivity index (χ2n) is 5.56. The number of aliphatic hydroxyl groups excluding tert-OH is 1. The van der Waals surface area contributed by atoms with Gasteiger partial charge in [-0.15, -0.1) is 11.3 Å². The number of nitrogens with zero attached hydrogens (tertiary/aromatic N) is 2. The molecule has 7 nitrogen and oxygen atoms in total. The first-order valence-electron chi connectivity index (χ1n) is 7.57. The van der Waals surface area contributed by atoms with Gasteiger partial charge in [0.2, 0.25) is 11.8 Å². The molecule has 2 N–H and O–H groups in total. The van der Waals surface area contributed by atoms with Gasteiger partial charge in [-0.25, -0.2) is 4.98 Å². The van der Waals surface area contributed by atoms with Crippen LogP contribution in [0.1, 0.15) is 36.8 Å². The van der Waals surface area contributed by atoms with E-state index in [1.165, 1.54) is 17.4 Å². The Bertz CT molecular complexity index is 702. The summed E-state index contributed by atoms with van der Waals surface area (Å²) in [7, 11) is 0. The van der Waals surface area contributed by atoms with Crippen LogP contribution in [0.4, 0.5) is 5.13 Å². The fourth-order valence-corrected chi connectivity index (χ4v) is 2.48. The van der Waals surface area contributed by atoms with Crippen molar-refractivity contribution in [3.8, 4) is 11.8 Å². The zero-order valence-electron chi connectivity index (χ0n) is 14.1. The number of ether oxygens (including phenoxy) is 2. The number of rotatable bonds is 7. The Hall–Kier alpha value is -2.19. The van der Waals surface area contributed by atoms with E-state index in [1.54, 1.807) is 13.0 Å². The van der Waals surface area contributed by atoms with E-state index in [4.69, 9.17) is 14.6 Å². The largest absolute Gasteiger partial charge is 0.475 e. The maximum Gasteiger partial charge on any atom is 0.257 e. The van der Waals surface area contributed by atoms with Gasteiger partial charge in [0, 0.05) is 17.5 Å². The SMILES string of the molecule is Cc1csc(NC(=O)c2cc(OC(C)C)nc(OC(C)CO)c2)n1. The summed E-state index contributed by atoms with van der Waals surface area (Å²) < 4.78 is 11.1. The van der Waals surface area contributed by atoms with Crippen molar-refractivity contribution in [3.05, 3.63) is 28.8 Å². The van der Waals surface area contributed by atoms with Crippen LogP contribution in [0.15, 0.2) is 17.5 Å². The number of aromatic nitrogens is 2. The molecule has 2 aromatic rings. The highest BCUT2D eigenvalue weighted by molar-refractivity contribution is 7.13. The fraction of sp³-hybridized carbons (Fsp3) is 0.438. The number of carbonyl (C=O) groups excluding carboxylic acids is 1. The van der Waals surface area contributed by atoms with Crippen molar-refractivity contribution in [1.29, 1.82) is 0 Å². The van der Waals surface area contributed by atoms with E-state index in [-0.39, 0.29) is 30.4 Å². The van der Waals surface area contributed by atoms with E-state index < -0.39 is 6.10 Å². The van der Waals surface area contributed by atoms with Crippen LogP contribution in [-0.2, 0) is 0 Å². The van der Waals surface area contributed by atoms with Crippen LogP contribution in [-0.4, -0.2) is 39.8 Å². The molecule has 0 aliphatic rings. The number of carbonyl (C=O) groups is 1. The van der Waals surface area contributed by atoms with Crippen LogP contribution in [0, 0.1) is 6.92 Å². The summed E-state index contributed by atoms with van der Waals surface area (Å²) in [5.74, 6) is 0.171. The Morgan fingerprint density at radius 1 is 1.25 bits per heavy atom. The first kappa shape index (κ1) is 18.2. The number of anilines is 1. The molecule has 0 saturated carbocycles. The monoisotopic (exact) mass is 351 g/mol. The van der Waals surface area contributed by atoms with Gasteiger partial charge in [-0.1, -0.05) is 0 Å². The molecule has 2 rings (SSSR count). The molecule has 0 bridgehead atoms. The van der Waals surface area contributed by atoms with Crippen LogP contribution in [0.5, 0.6) is 11.8 Å². The van der Waals surface area contributed by atoms with Crippen LogP contribution in [0.25, 0.3) is 0 Å². The lowest BCUT2D eigenvalue weighted by atomic mass is 10.2. The van der Waals surface area contributed by atoms with Gasteiger partial charge >= 0.3 is 0 Å². The third-order valence-electron chi connectivity index (χ3n) is 2.82. The maximum absolute atomic E-state index is 12.4. The summed E-state index contributed by atoms with van der Waals surface area (Å²) in [6, 6.07) is 3.06. The minimum absolute atomic E-state index is 0.0967. The second-order valence-corrected chi connectivity index (χ2v) is 6.42. The first-order valence-corrected chi connectivity index (χ1v) is 8.45. The van der Waals surface area contributed by atoms with Crippen molar-refractivity contribution < 1.29 is 19.4 Å². The minimum Gasteiger partial charge on any atom is -0.475 e. The normalized spacial score (nSPS) is 12.1. The van der Waals surface area contributed by atoms with Crippen molar-refractivity contribution >= 4 is 22.4 Å². The van der Waals surface area contributed by atoms with E-state index in [9.17, 15) is 4.79 Å². The van der Waals surface area contributed by atoms with Crippen LogP contribution in [0.3, 0.4) is 0 Å². The van der Waals surface area contributed by atoms with Gasteiger partial charge in [0.15, 0.2) is 5.13 Å². The predicted molar refractivity (Wildman–Crippen MR) is 92.0 cm³/mol. The Kier molecular flexibility index (Phi) is 6.10. The number of hydrogen-bond donors (Lipinski definition) is 2. The van der Waals surface area contributed by atoms with Crippen molar-refractivity contribution in [1.82, 2.24) is 9.97 Å². The van der Waals surface area contributed by atoms with Crippen molar-refractivity contribution in [2.24, 2.45) is 0 Å². The average Bonchev–Trinajstić information content (AvgIpc) is 2.91. The molecular formula is C16H21N3O4S. The molecule has 2 heterocycles. The number of nitrogens with one attached hydrogen (secondary N) is 1. The third-order valence-corrected chi connectivity index (χ3v) is 3.69. The highest BCUT2D eigenvalue weighted by Gasteiger charge is 2.15. The molecule has 8 heteroatoms. The Morgan fingerprint density at radius 3 is 2.46 bits per heavy atom. The lowest BCUT2D eigenvalue weighted by Gasteiger charge is -2.15. The molecule has 24 heavy (non-hydrogen) atoms. The Balaban J connectivity index is 2.25. The van der Waals surface area contributed by atoms with Crippen molar-refractivity contribution in [2.45, 2.75) is 39.9 Å². The van der Waals surface area contributed by atoms with Crippen LogP contribution < -0.4 is 14.8 Å². The molecule has 0 aromatic carbocycles. The van der Waals surface area contributed by atoms with Gasteiger partial charge in [0.1, 0.15) is 6.10 Å². The Labute approximate surface area is 144 Å². The zero-order valence-corrected chi connectivity index (χ0v) is 14.9. The summed E-state index contributed by atoms with van der Waals surface area (Å²) in [4.78, 5) is 20.8. The Morgan fingerprint density at radius 2 is 1.92 bits per heavy atom. The lowest BCUT2D eigenvalue weighted by molar-refractivity contribution is 0.102. The molecule has 0 aliphatic carbocycles. The standard InChI is InChI=1S/C16H21N3O4S/c1-9(2)22-13-5-12(6-14(18-13)23-11(4)7-20)15(21)19-16-17-10(3)8-24-16/h5-6,8-9,11,20H,7H2,1-4H3,(H,17,19,21). The van der Waals surface area contributed by atoms with Gasteiger partial charge in [0.05, 0.1) is 24.0 Å². The van der Waals surface area contributed by atoms with Gasteiger partial charge in [-0.05, 0) is 27.7 Å². The number of hydrogen-bond acceptors (Lipinski definition) is 7. The highest BCUT2D eigenvalue weighted by Crippen LogP contribution is 2.22. The molecule has 0 aliphatic heterocycles. The smallest absolute Gasteiger partial charge is 0.257 e. The van der Waals surface area contributed by atoms with Gasteiger partial charge < -0.3 is 14.6 Å². The molecular weight excluding hydrogens is 330 g/mol. The summed E-state index contributed by atoms with van der Waals surface area (Å²) >= 11 is 1.35. The van der Waals surface area contributed by atoms with E-state index in [0.29, 0.717) is 10.7 Å². The third kappa shape index (κ3) is 5.17. The minimum atomic E-state index is -0.440. The zero-order chi connectivity index (χ0) is 17.7. The fourth-order valence-electron chi connectivity index (χ4n) is 1.80. The van der Waals surface area contributed by atoms with E-state index in [2.05, 4.69) is 15.3 Å². The number of aryl methyl sites for hydroxylation is 1. The van der Waals surface area contributed by atoms with Crippen molar-refractivity contribution in [3.63, 3.8) is 0 Å². The molecule has 0 fully saturated rings. The molecule has 130 valence electrons. The van der Waals surface area contributed by atoms with Gasteiger partial charge in [-0.3, -0.25) is 10.1 Å². The van der Waals surface area contributed by atoms with E-state index in [1.807, 2.05) is 26.2 Å². The molecule has 1 unspecified atom stereocenters. The quantitative estimate of drug-likeness (QED) is 0.796. The first-order chi connectivity index (χ1) is 11.4. The van der Waals surface area contributed by atoms with Crippen molar-refractivity contribution in [2.75, 3.05) is 11.9 Å². The predicted octanol–water partition coefficient (Wildman–Crippen LogP) is 2.65. The molecule has 0 radical (unpaired) electrons. The number of pyridine rings is 1. The highest BCUT2D eigenvalue weighted by atomic mass is 32.1. The van der Waals surface area contributed by atoms with Gasteiger partial charge in [0.25, 0.3) is 5.91 Å². The van der Waals surface area contributed by atoms with Crippen LogP contribution in [0.2, 0.25) is 0 Å². The average molecular weight is 351 g/mol. The summed E-state index contributed by atoms with van der Waals surface area (Å²) in [6.07, 6.45) is -0.537. The molecule has 2 aromatic heterocycles. The molecule has 1 atom stereocenters. The van der Waals surface area contributed by atoms with Crippen LogP contribution >= 0.6 is 11.3 Å². The van der Waals surface area contributed by atoms with E-state index in [0.717, 1.165) is 5.69 Å². The number of amides is 1. The molecule has 0 saturated heterocycles. The molecule has 0 spiro atoms. The topological polar surface area (TPSA) is 93.6 Å². The summed E-state index contributed by atoms with van der Waals surface area (Å²) in [6.45, 7) is 7.13. The lowest BCUT2D eigenvalue weighted by Crippen LogP contribution is -2.19. The number of aliphatic hydroxyl groups is 1. The van der Waals surface area contributed by atoms with E-state index >= 15 is 0 Å². The second kappa shape index (κ2) is 8.07. The summed E-state index contributed by atoms with van der Waals surface area (Å²) in [5, 5.41) is 14.2. The summed E-state index contributed by atoms with van der Waals surface area (Å²) in [5.41, 5.74) is 1.18. The maximum atomic E-state index is 12.4.